The smallest absolute Gasteiger partial charge is 0.249 e. The summed E-state index contributed by atoms with van der Waals surface area (Å²) < 4.78 is 7.48. The molecule has 0 atom stereocenters. The molecule has 1 fully saturated rings. The molecular formula is C23H22ClN7O2S. The number of amides is 1. The number of tetrazole rings is 1. The molecule has 0 bridgehead atoms. The summed E-state index contributed by atoms with van der Waals surface area (Å²) in [5.41, 5.74) is 3.78. The molecule has 4 aromatic rings. The average molecular weight is 496 g/mol. The van der Waals surface area contributed by atoms with Gasteiger partial charge in [-0.15, -0.1) is 15.3 Å². The van der Waals surface area contributed by atoms with Crippen LogP contribution in [0.25, 0.3) is 17.1 Å². The van der Waals surface area contributed by atoms with Crippen LogP contribution < -0.4 is 0 Å². The number of rotatable bonds is 8. The van der Waals surface area contributed by atoms with Gasteiger partial charge in [0, 0.05) is 6.04 Å². The van der Waals surface area contributed by atoms with E-state index in [0.717, 1.165) is 29.7 Å². The molecule has 0 unspecified atom stereocenters. The molecule has 0 aliphatic heterocycles. The Kier molecular flexibility index (Phi) is 6.34. The molecular weight excluding hydrogens is 474 g/mol. The van der Waals surface area contributed by atoms with Crippen molar-refractivity contribution in [1.82, 2.24) is 35.3 Å². The van der Waals surface area contributed by atoms with Crippen LogP contribution in [0.4, 0.5) is 0 Å². The monoisotopic (exact) mass is 495 g/mol. The summed E-state index contributed by atoms with van der Waals surface area (Å²) in [6, 6.07) is 13.5. The van der Waals surface area contributed by atoms with E-state index in [9.17, 15) is 4.79 Å². The van der Waals surface area contributed by atoms with Crippen molar-refractivity contribution >= 4 is 29.3 Å². The largest absolute Gasteiger partial charge is 0.419 e. The SMILES string of the molecule is Cc1ccc(-n2nnnc2SCC(=O)N(Cc2nnc(-c3ccccc3Cl)o2)C2CC2)c(C)c1. The molecule has 34 heavy (non-hydrogen) atoms. The van der Waals surface area contributed by atoms with Crippen molar-refractivity contribution in [2.45, 2.75) is 44.4 Å². The molecule has 1 aliphatic carbocycles. The van der Waals surface area contributed by atoms with E-state index in [2.05, 4.69) is 31.8 Å². The Labute approximate surface area is 205 Å². The Morgan fingerprint density at radius 3 is 2.76 bits per heavy atom. The maximum Gasteiger partial charge on any atom is 0.249 e. The molecule has 0 saturated heterocycles. The molecule has 0 N–H and O–H groups in total. The van der Waals surface area contributed by atoms with Gasteiger partial charge in [0.05, 0.1) is 28.6 Å². The van der Waals surface area contributed by atoms with Gasteiger partial charge >= 0.3 is 0 Å². The van der Waals surface area contributed by atoms with Gasteiger partial charge in [-0.05, 0) is 60.9 Å². The maximum absolute atomic E-state index is 13.1. The molecule has 2 heterocycles. The molecule has 2 aromatic carbocycles. The highest BCUT2D eigenvalue weighted by atomic mass is 35.5. The summed E-state index contributed by atoms with van der Waals surface area (Å²) in [5, 5.41) is 21.4. The van der Waals surface area contributed by atoms with Gasteiger partial charge in [0.1, 0.15) is 0 Å². The first kappa shape index (κ1) is 22.5. The van der Waals surface area contributed by atoms with Crippen LogP contribution in [0.1, 0.15) is 29.9 Å². The van der Waals surface area contributed by atoms with Crippen LogP contribution in [0.3, 0.4) is 0 Å². The topological polar surface area (TPSA) is 103 Å². The van der Waals surface area contributed by atoms with E-state index in [1.54, 1.807) is 15.6 Å². The number of carbonyl (C=O) groups is 1. The van der Waals surface area contributed by atoms with E-state index in [1.807, 2.05) is 44.2 Å². The lowest BCUT2D eigenvalue weighted by atomic mass is 10.1. The number of thioether (sulfide) groups is 1. The molecule has 1 saturated carbocycles. The second kappa shape index (κ2) is 9.55. The fourth-order valence-corrected chi connectivity index (χ4v) is 4.67. The number of aromatic nitrogens is 6. The Morgan fingerprint density at radius 2 is 2.00 bits per heavy atom. The van der Waals surface area contributed by atoms with Crippen molar-refractivity contribution in [3.05, 3.63) is 64.5 Å². The lowest BCUT2D eigenvalue weighted by molar-refractivity contribution is -0.129. The molecule has 174 valence electrons. The van der Waals surface area contributed by atoms with Crippen molar-refractivity contribution in [2.24, 2.45) is 0 Å². The minimum absolute atomic E-state index is 0.0276. The number of benzene rings is 2. The minimum atomic E-state index is -0.0276. The average Bonchev–Trinajstić information content (AvgIpc) is 3.37. The molecule has 1 aliphatic rings. The van der Waals surface area contributed by atoms with Crippen molar-refractivity contribution in [3.8, 4) is 17.1 Å². The van der Waals surface area contributed by atoms with E-state index in [0.29, 0.717) is 27.5 Å². The third kappa shape index (κ3) is 4.83. The van der Waals surface area contributed by atoms with E-state index in [4.69, 9.17) is 16.0 Å². The summed E-state index contributed by atoms with van der Waals surface area (Å²) in [6.45, 7) is 4.31. The molecule has 0 spiro atoms. The van der Waals surface area contributed by atoms with Crippen LogP contribution in [0.5, 0.6) is 0 Å². The van der Waals surface area contributed by atoms with Crippen LogP contribution in [-0.2, 0) is 11.3 Å². The van der Waals surface area contributed by atoms with Gasteiger partial charge in [0.2, 0.25) is 22.8 Å². The zero-order valence-electron chi connectivity index (χ0n) is 18.7. The summed E-state index contributed by atoms with van der Waals surface area (Å²) in [6.07, 6.45) is 1.92. The van der Waals surface area contributed by atoms with Crippen LogP contribution >= 0.6 is 23.4 Å². The normalized spacial score (nSPS) is 13.3. The van der Waals surface area contributed by atoms with E-state index in [-0.39, 0.29) is 24.2 Å². The number of nitrogens with zero attached hydrogens (tertiary/aromatic N) is 7. The van der Waals surface area contributed by atoms with E-state index < -0.39 is 0 Å². The van der Waals surface area contributed by atoms with Crippen molar-refractivity contribution < 1.29 is 9.21 Å². The Bertz CT molecular complexity index is 1330. The predicted octanol–water partition coefficient (Wildman–Crippen LogP) is 4.27. The van der Waals surface area contributed by atoms with Crippen LogP contribution in [-0.4, -0.2) is 53.0 Å². The lowest BCUT2D eigenvalue weighted by Crippen LogP contribution is -2.34. The standard InChI is InChI=1S/C23H22ClN7O2S/c1-14-7-10-19(15(2)11-14)31-23(27-28-29-31)34-13-21(32)30(16-8-9-16)12-20-25-26-22(33-20)17-5-3-4-6-18(17)24/h3-7,10-11,16H,8-9,12-13H2,1-2H3. The highest BCUT2D eigenvalue weighted by molar-refractivity contribution is 7.99. The van der Waals surface area contributed by atoms with Gasteiger partial charge in [-0.3, -0.25) is 4.79 Å². The van der Waals surface area contributed by atoms with Crippen molar-refractivity contribution in [3.63, 3.8) is 0 Å². The first-order valence-corrected chi connectivity index (χ1v) is 12.2. The van der Waals surface area contributed by atoms with Crippen molar-refractivity contribution in [2.75, 3.05) is 5.75 Å². The fraction of sp³-hybridized carbons (Fsp3) is 0.304. The Hall–Kier alpha value is -3.24. The third-order valence-electron chi connectivity index (χ3n) is 5.53. The Morgan fingerprint density at radius 1 is 1.18 bits per heavy atom. The maximum atomic E-state index is 13.1. The highest BCUT2D eigenvalue weighted by Crippen LogP contribution is 2.31. The van der Waals surface area contributed by atoms with E-state index >= 15 is 0 Å². The van der Waals surface area contributed by atoms with Gasteiger partial charge in [0.25, 0.3) is 0 Å². The summed E-state index contributed by atoms with van der Waals surface area (Å²) in [4.78, 5) is 14.9. The molecule has 11 heteroatoms. The van der Waals surface area contributed by atoms with Crippen LogP contribution in [0, 0.1) is 13.8 Å². The van der Waals surface area contributed by atoms with Gasteiger partial charge in [-0.25, -0.2) is 0 Å². The van der Waals surface area contributed by atoms with Crippen LogP contribution in [0.2, 0.25) is 5.02 Å². The number of hydrogen-bond donors (Lipinski definition) is 0. The molecule has 1 amide bonds. The number of carbonyl (C=O) groups excluding carboxylic acids is 1. The summed E-state index contributed by atoms with van der Waals surface area (Å²) in [7, 11) is 0. The van der Waals surface area contributed by atoms with Gasteiger partial charge in [0.15, 0.2) is 0 Å². The van der Waals surface area contributed by atoms with E-state index in [1.165, 1.54) is 11.8 Å². The molecule has 0 radical (unpaired) electrons. The lowest BCUT2D eigenvalue weighted by Gasteiger charge is -2.20. The summed E-state index contributed by atoms with van der Waals surface area (Å²) in [5.74, 6) is 0.888. The second-order valence-electron chi connectivity index (χ2n) is 8.19. The van der Waals surface area contributed by atoms with Crippen molar-refractivity contribution in [1.29, 1.82) is 0 Å². The first-order valence-electron chi connectivity index (χ1n) is 10.8. The fourth-order valence-electron chi connectivity index (χ4n) is 3.69. The zero-order chi connectivity index (χ0) is 23.7. The second-order valence-corrected chi connectivity index (χ2v) is 9.54. The quantitative estimate of drug-likeness (QED) is 0.334. The highest BCUT2D eigenvalue weighted by Gasteiger charge is 2.34. The number of hydrogen-bond acceptors (Lipinski definition) is 8. The zero-order valence-corrected chi connectivity index (χ0v) is 20.3. The third-order valence-corrected chi connectivity index (χ3v) is 6.76. The number of aryl methyl sites for hydroxylation is 2. The van der Waals surface area contributed by atoms with Gasteiger partial charge < -0.3 is 9.32 Å². The molecule has 2 aromatic heterocycles. The van der Waals surface area contributed by atoms with Gasteiger partial charge in [-0.2, -0.15) is 4.68 Å². The van der Waals surface area contributed by atoms with Gasteiger partial charge in [-0.1, -0.05) is 53.2 Å². The molecule has 5 rings (SSSR count). The molecule has 9 nitrogen and oxygen atoms in total. The summed E-state index contributed by atoms with van der Waals surface area (Å²) >= 11 is 7.55. The minimum Gasteiger partial charge on any atom is -0.419 e. The Balaban J connectivity index is 1.27. The predicted molar refractivity (Wildman–Crippen MR) is 128 cm³/mol. The van der Waals surface area contributed by atoms with Crippen LogP contribution in [0.15, 0.2) is 52.0 Å². The number of halogens is 1. The first-order chi connectivity index (χ1) is 16.5.